The summed E-state index contributed by atoms with van der Waals surface area (Å²) in [5.74, 6) is 0. The monoisotopic (exact) mass is 246 g/mol. The smallest absolute Gasteiger partial charge is 0.276 e. The molecule has 1 N–H and O–H groups in total. The van der Waals surface area contributed by atoms with Gasteiger partial charge in [0.2, 0.25) is 6.54 Å². The topological polar surface area (TPSA) is 107 Å². The van der Waals surface area contributed by atoms with Gasteiger partial charge in [0, 0.05) is 11.0 Å². The van der Waals surface area contributed by atoms with Crippen molar-refractivity contribution in [2.24, 2.45) is 0 Å². The average Bonchev–Trinajstić information content (AvgIpc) is 2.15. The molecule has 0 aliphatic carbocycles. The number of nitrogens with zero attached hydrogens (tertiary/aromatic N) is 2. The summed E-state index contributed by atoms with van der Waals surface area (Å²) >= 11 is 5.66. The maximum absolute atomic E-state index is 10.6. The third kappa shape index (κ3) is 2.65. The number of nitro groups is 2. The molecule has 0 spiro atoms. The molecule has 0 saturated heterocycles. The van der Waals surface area contributed by atoms with Gasteiger partial charge in [0.25, 0.3) is 5.69 Å². The largest absolute Gasteiger partial charge is 0.381 e. The first kappa shape index (κ1) is 12.3. The summed E-state index contributed by atoms with van der Waals surface area (Å²) in [7, 11) is 0. The molecule has 16 heavy (non-hydrogen) atoms. The van der Waals surface area contributed by atoms with Gasteiger partial charge in [-0.25, -0.2) is 0 Å². The van der Waals surface area contributed by atoms with E-state index in [4.69, 9.17) is 11.6 Å². The third-order valence-electron chi connectivity index (χ3n) is 1.88. The van der Waals surface area contributed by atoms with Crippen LogP contribution in [0.5, 0.6) is 0 Å². The first-order valence-electron chi connectivity index (χ1n) is 4.16. The Kier molecular flexibility index (Phi) is 3.75. The summed E-state index contributed by atoms with van der Waals surface area (Å²) in [6.45, 7) is -0.829. The Morgan fingerprint density at radius 2 is 2.00 bits per heavy atom. The van der Waals surface area contributed by atoms with Gasteiger partial charge < -0.3 is 5.11 Å². The lowest BCUT2D eigenvalue weighted by atomic mass is 10.1. The number of aliphatic hydroxyl groups excluding tert-OH is 1. The lowest BCUT2D eigenvalue weighted by Gasteiger charge is -2.08. The molecular weight excluding hydrogens is 240 g/mol. The van der Waals surface area contributed by atoms with E-state index in [-0.39, 0.29) is 10.6 Å². The molecule has 0 amide bonds. The van der Waals surface area contributed by atoms with Crippen LogP contribution < -0.4 is 0 Å². The van der Waals surface area contributed by atoms with E-state index in [0.29, 0.717) is 0 Å². The van der Waals surface area contributed by atoms with E-state index in [1.54, 1.807) is 0 Å². The highest BCUT2D eigenvalue weighted by atomic mass is 35.5. The van der Waals surface area contributed by atoms with Gasteiger partial charge in [-0.15, -0.1) is 0 Å². The normalized spacial score (nSPS) is 12.1. The van der Waals surface area contributed by atoms with E-state index in [1.165, 1.54) is 12.1 Å². The Balaban J connectivity index is 3.19. The number of rotatable bonds is 4. The van der Waals surface area contributed by atoms with Crippen LogP contribution in [0.25, 0.3) is 0 Å². The second kappa shape index (κ2) is 4.86. The van der Waals surface area contributed by atoms with E-state index < -0.39 is 28.2 Å². The summed E-state index contributed by atoms with van der Waals surface area (Å²) < 4.78 is 0. The lowest BCUT2D eigenvalue weighted by molar-refractivity contribution is -0.492. The number of halogens is 1. The SMILES string of the molecule is O=[N+]([O-])CC(O)c1c(Cl)cccc1[N+](=O)[O-]. The predicted molar refractivity (Wildman–Crippen MR) is 54.9 cm³/mol. The molecule has 1 atom stereocenters. The fourth-order valence-corrected chi connectivity index (χ4v) is 1.54. The van der Waals surface area contributed by atoms with Crippen LogP contribution in [0, 0.1) is 20.2 Å². The van der Waals surface area contributed by atoms with Gasteiger partial charge in [-0.1, -0.05) is 17.7 Å². The zero-order chi connectivity index (χ0) is 12.3. The molecule has 0 radical (unpaired) electrons. The summed E-state index contributed by atoms with van der Waals surface area (Å²) in [5, 5.41) is 30.2. The molecule has 1 unspecified atom stereocenters. The van der Waals surface area contributed by atoms with Crippen LogP contribution in [0.2, 0.25) is 5.02 Å². The van der Waals surface area contributed by atoms with Crippen LogP contribution in [0.3, 0.4) is 0 Å². The van der Waals surface area contributed by atoms with Crippen LogP contribution >= 0.6 is 11.6 Å². The van der Waals surface area contributed by atoms with Crippen molar-refractivity contribution in [2.45, 2.75) is 6.10 Å². The van der Waals surface area contributed by atoms with E-state index in [0.717, 1.165) is 6.07 Å². The molecule has 8 heteroatoms. The number of hydrogen-bond donors (Lipinski definition) is 1. The van der Waals surface area contributed by atoms with Gasteiger partial charge in [-0.2, -0.15) is 0 Å². The van der Waals surface area contributed by atoms with E-state index in [1.807, 2.05) is 0 Å². The van der Waals surface area contributed by atoms with Crippen LogP contribution in [0.15, 0.2) is 18.2 Å². The van der Waals surface area contributed by atoms with Crippen LogP contribution in [-0.2, 0) is 0 Å². The molecule has 0 aliphatic rings. The average molecular weight is 247 g/mol. The summed E-state index contributed by atoms with van der Waals surface area (Å²) in [4.78, 5) is 19.3. The van der Waals surface area contributed by atoms with Crippen molar-refractivity contribution >= 4 is 17.3 Å². The lowest BCUT2D eigenvalue weighted by Crippen LogP contribution is -2.13. The second-order valence-electron chi connectivity index (χ2n) is 2.96. The molecular formula is C8H7ClN2O5. The van der Waals surface area contributed by atoms with Crippen LogP contribution in [0.4, 0.5) is 5.69 Å². The van der Waals surface area contributed by atoms with Crippen molar-refractivity contribution in [3.8, 4) is 0 Å². The van der Waals surface area contributed by atoms with Crippen LogP contribution in [-0.4, -0.2) is 21.5 Å². The highest BCUT2D eigenvalue weighted by Crippen LogP contribution is 2.31. The molecule has 1 aromatic carbocycles. The van der Waals surface area contributed by atoms with Crippen molar-refractivity contribution < 1.29 is 15.0 Å². The Bertz CT molecular complexity index is 436. The molecule has 0 saturated carbocycles. The minimum Gasteiger partial charge on any atom is -0.381 e. The number of benzene rings is 1. The van der Waals surface area contributed by atoms with E-state index in [9.17, 15) is 25.3 Å². The first-order chi connectivity index (χ1) is 7.43. The van der Waals surface area contributed by atoms with Gasteiger partial charge in [0.05, 0.1) is 15.5 Å². The molecule has 0 aromatic heterocycles. The van der Waals surface area contributed by atoms with Crippen molar-refractivity contribution in [1.82, 2.24) is 0 Å². The summed E-state index contributed by atoms with van der Waals surface area (Å²) in [6.07, 6.45) is -1.59. The Morgan fingerprint density at radius 3 is 2.50 bits per heavy atom. The fourth-order valence-electron chi connectivity index (χ4n) is 1.25. The van der Waals surface area contributed by atoms with Gasteiger partial charge in [0.1, 0.15) is 0 Å². The molecule has 0 bridgehead atoms. The molecule has 86 valence electrons. The van der Waals surface area contributed by atoms with Gasteiger partial charge in [-0.3, -0.25) is 20.2 Å². The molecule has 0 heterocycles. The highest BCUT2D eigenvalue weighted by molar-refractivity contribution is 6.31. The second-order valence-corrected chi connectivity index (χ2v) is 3.37. The number of aliphatic hydroxyl groups is 1. The van der Waals surface area contributed by atoms with Crippen molar-refractivity contribution in [2.75, 3.05) is 6.54 Å². The van der Waals surface area contributed by atoms with Crippen molar-refractivity contribution in [3.63, 3.8) is 0 Å². The predicted octanol–water partition coefficient (Wildman–Crippen LogP) is 1.56. The minimum atomic E-state index is -1.59. The maximum Gasteiger partial charge on any atom is 0.276 e. The third-order valence-corrected chi connectivity index (χ3v) is 2.21. The first-order valence-corrected chi connectivity index (χ1v) is 4.54. The summed E-state index contributed by atoms with van der Waals surface area (Å²) in [6, 6.07) is 3.79. The number of hydrogen-bond acceptors (Lipinski definition) is 5. The van der Waals surface area contributed by atoms with E-state index >= 15 is 0 Å². The Labute approximate surface area is 94.6 Å². The Morgan fingerprint density at radius 1 is 1.38 bits per heavy atom. The van der Waals surface area contributed by atoms with E-state index in [2.05, 4.69) is 0 Å². The van der Waals surface area contributed by atoms with Crippen molar-refractivity contribution in [1.29, 1.82) is 0 Å². The highest BCUT2D eigenvalue weighted by Gasteiger charge is 2.26. The maximum atomic E-state index is 10.6. The fraction of sp³-hybridized carbons (Fsp3) is 0.250. The Hall–Kier alpha value is -1.73. The molecule has 1 aromatic rings. The van der Waals surface area contributed by atoms with Crippen molar-refractivity contribution in [3.05, 3.63) is 49.0 Å². The standard InChI is InChI=1S/C8H7ClN2O5/c9-5-2-1-3-6(11(15)16)8(5)7(12)4-10(13)14/h1-3,7,12H,4H2. The van der Waals surface area contributed by atoms with Crippen LogP contribution in [0.1, 0.15) is 11.7 Å². The minimum absolute atomic E-state index is 0.0662. The molecule has 7 nitrogen and oxygen atoms in total. The molecule has 0 aliphatic heterocycles. The number of nitro benzene ring substituents is 1. The molecule has 0 fully saturated rings. The van der Waals surface area contributed by atoms with Gasteiger partial charge in [0.15, 0.2) is 6.10 Å². The molecule has 1 rings (SSSR count). The van der Waals surface area contributed by atoms with Gasteiger partial charge in [-0.05, 0) is 6.07 Å². The van der Waals surface area contributed by atoms with Gasteiger partial charge >= 0.3 is 0 Å². The zero-order valence-corrected chi connectivity index (χ0v) is 8.63. The zero-order valence-electron chi connectivity index (χ0n) is 7.87. The quantitative estimate of drug-likeness (QED) is 0.641. The summed E-state index contributed by atoms with van der Waals surface area (Å²) in [5.41, 5.74) is -0.660.